The number of ether oxygens (including phenoxy) is 2. The lowest BCUT2D eigenvalue weighted by molar-refractivity contribution is -0.396. The standard InChI is InChI=1S/C48H43F9N4O4S/c1-3-27-60(31-37-13-11-35(12-14-37)25-26-45(49,50)46(51,52)47(53,54)48(55,56)57)59-58-40-22-17-36(30-38(40)4-2)19-24-42-44-43(64-28-29-65-44)41(66-42)23-18-33-8-5-32(6-9-33)7-10-34-15-20-39(21-16-34)61(62)63/h5-24,30H,3-4,25-29,31H2,1-2H3/b10-7+,23-18+,24-19+,59-58?. The number of aryl methyl sites for hydroxylation is 2. The van der Waals surface area contributed by atoms with E-state index in [4.69, 9.17) is 9.47 Å². The van der Waals surface area contributed by atoms with Crippen molar-refractivity contribution in [2.45, 2.75) is 70.0 Å². The Morgan fingerprint density at radius 3 is 1.70 bits per heavy atom. The lowest BCUT2D eigenvalue weighted by atomic mass is 9.97. The highest BCUT2D eigenvalue weighted by atomic mass is 32.1. The number of nitro groups is 1. The largest absolute Gasteiger partial charge is 0.485 e. The van der Waals surface area contributed by atoms with Crippen LogP contribution in [-0.4, -0.2) is 53.6 Å². The molecule has 5 aromatic rings. The number of nitrogens with zero attached hydrogens (tertiary/aromatic N) is 4. The summed E-state index contributed by atoms with van der Waals surface area (Å²) >= 11 is 1.53. The summed E-state index contributed by atoms with van der Waals surface area (Å²) < 4.78 is 132. The summed E-state index contributed by atoms with van der Waals surface area (Å²) in [5.74, 6) is -17.8. The molecule has 18 heteroatoms. The Balaban J connectivity index is 1.08. The first-order valence-corrected chi connectivity index (χ1v) is 21.5. The van der Waals surface area contributed by atoms with Gasteiger partial charge in [0.2, 0.25) is 0 Å². The van der Waals surface area contributed by atoms with Crippen molar-refractivity contribution in [2.75, 3.05) is 19.8 Å². The van der Waals surface area contributed by atoms with Gasteiger partial charge in [0.05, 0.1) is 26.9 Å². The van der Waals surface area contributed by atoms with Gasteiger partial charge in [-0.15, -0.1) is 16.5 Å². The maximum atomic E-state index is 14.1. The molecule has 8 nitrogen and oxygen atoms in total. The fraction of sp³-hybridized carbons (Fsp3) is 0.292. The number of hydrogen-bond acceptors (Lipinski definition) is 7. The van der Waals surface area contributed by atoms with E-state index in [0.29, 0.717) is 55.4 Å². The summed E-state index contributed by atoms with van der Waals surface area (Å²) in [7, 11) is 0. The van der Waals surface area contributed by atoms with Crippen molar-refractivity contribution >= 4 is 59.2 Å². The normalized spacial score (nSPS) is 13.7. The topological polar surface area (TPSA) is 89.6 Å². The van der Waals surface area contributed by atoms with Gasteiger partial charge in [-0.2, -0.15) is 39.5 Å². The molecule has 66 heavy (non-hydrogen) atoms. The number of hydrogen-bond donors (Lipinski definition) is 0. The number of halogens is 9. The van der Waals surface area contributed by atoms with Crippen LogP contribution >= 0.6 is 11.3 Å². The van der Waals surface area contributed by atoms with E-state index < -0.39 is 41.7 Å². The van der Waals surface area contributed by atoms with Crippen LogP contribution in [0.1, 0.15) is 75.4 Å². The molecule has 4 aromatic carbocycles. The molecule has 0 aliphatic carbocycles. The Morgan fingerprint density at radius 2 is 1.18 bits per heavy atom. The summed E-state index contributed by atoms with van der Waals surface area (Å²) in [5.41, 5.74) is 5.96. The van der Waals surface area contributed by atoms with Crippen molar-refractivity contribution < 1.29 is 53.9 Å². The van der Waals surface area contributed by atoms with Crippen molar-refractivity contribution in [1.29, 1.82) is 0 Å². The van der Waals surface area contributed by atoms with Gasteiger partial charge < -0.3 is 9.47 Å². The second kappa shape index (κ2) is 20.8. The molecule has 1 aliphatic heterocycles. The first-order chi connectivity index (χ1) is 31.3. The molecule has 0 saturated heterocycles. The SMILES string of the molecule is CCCN(Cc1ccc(CCC(F)(F)C(F)(F)C(F)(F)C(F)(F)F)cc1)N=Nc1ccc(/C=C/c2sc(/C=C/c3ccc(/C=C/c4ccc([N+](=O)[O-])cc4)cc3)c3c2OCCO3)cc1CC. The van der Waals surface area contributed by atoms with Crippen molar-refractivity contribution in [3.63, 3.8) is 0 Å². The average Bonchev–Trinajstić information content (AvgIpc) is 3.65. The zero-order valence-electron chi connectivity index (χ0n) is 35.5. The third-order valence-electron chi connectivity index (χ3n) is 10.4. The second-order valence-electron chi connectivity index (χ2n) is 15.2. The van der Waals surface area contributed by atoms with Crippen molar-refractivity contribution in [2.24, 2.45) is 10.3 Å². The van der Waals surface area contributed by atoms with Crippen LogP contribution in [0.4, 0.5) is 50.9 Å². The molecule has 0 saturated carbocycles. The van der Waals surface area contributed by atoms with Crippen molar-refractivity contribution in [3.05, 3.63) is 150 Å². The van der Waals surface area contributed by atoms with Crippen LogP contribution in [0.2, 0.25) is 0 Å². The highest BCUT2D eigenvalue weighted by Crippen LogP contribution is 2.54. The molecule has 0 bridgehead atoms. The van der Waals surface area contributed by atoms with Gasteiger partial charge in [0, 0.05) is 25.1 Å². The van der Waals surface area contributed by atoms with Gasteiger partial charge in [-0.25, -0.2) is 0 Å². The van der Waals surface area contributed by atoms with Crippen LogP contribution in [0, 0.1) is 10.1 Å². The summed E-state index contributed by atoms with van der Waals surface area (Å²) in [4.78, 5) is 12.3. The molecule has 0 spiro atoms. The molecule has 0 radical (unpaired) electrons. The minimum Gasteiger partial charge on any atom is -0.485 e. The number of non-ortho nitro benzene ring substituents is 1. The van der Waals surface area contributed by atoms with Gasteiger partial charge in [-0.1, -0.05) is 98.0 Å². The van der Waals surface area contributed by atoms with E-state index in [2.05, 4.69) is 10.3 Å². The summed E-state index contributed by atoms with van der Waals surface area (Å²) in [6, 6.07) is 25.6. The molecule has 0 amide bonds. The van der Waals surface area contributed by atoms with E-state index in [9.17, 15) is 49.6 Å². The fourth-order valence-corrected chi connectivity index (χ4v) is 7.68. The molecule has 0 N–H and O–H groups in total. The lowest BCUT2D eigenvalue weighted by Gasteiger charge is -2.33. The highest BCUT2D eigenvalue weighted by molar-refractivity contribution is 7.14. The number of nitro benzene ring substituents is 1. The maximum absolute atomic E-state index is 14.1. The smallest absolute Gasteiger partial charge is 0.460 e. The second-order valence-corrected chi connectivity index (χ2v) is 16.3. The third-order valence-corrected chi connectivity index (χ3v) is 11.5. The molecular weight excluding hydrogens is 900 g/mol. The predicted octanol–water partition coefficient (Wildman–Crippen LogP) is 14.8. The Kier molecular flexibility index (Phi) is 15.5. The zero-order valence-corrected chi connectivity index (χ0v) is 36.3. The zero-order chi connectivity index (χ0) is 47.7. The van der Waals surface area contributed by atoms with E-state index in [0.717, 1.165) is 37.6 Å². The molecule has 2 heterocycles. The third kappa shape index (κ3) is 11.7. The monoisotopic (exact) mass is 942 g/mol. The Morgan fingerprint density at radius 1 is 0.682 bits per heavy atom. The van der Waals surface area contributed by atoms with E-state index in [1.54, 1.807) is 17.1 Å². The first kappa shape index (κ1) is 49.0. The summed E-state index contributed by atoms with van der Waals surface area (Å²) in [6.45, 7) is 5.44. The minimum atomic E-state index is -6.91. The molecule has 0 unspecified atom stereocenters. The van der Waals surface area contributed by atoms with Gasteiger partial charge in [0.15, 0.2) is 11.5 Å². The molecule has 1 aliphatic rings. The lowest BCUT2D eigenvalue weighted by Crippen LogP contribution is -2.60. The summed E-state index contributed by atoms with van der Waals surface area (Å²) in [6.07, 6.45) is 3.42. The van der Waals surface area contributed by atoms with Crippen LogP contribution < -0.4 is 9.47 Å². The van der Waals surface area contributed by atoms with Crippen molar-refractivity contribution in [1.82, 2.24) is 5.01 Å². The molecule has 348 valence electrons. The van der Waals surface area contributed by atoms with Crippen LogP contribution in [0.5, 0.6) is 11.5 Å². The number of alkyl halides is 9. The molecule has 0 atom stereocenters. The Labute approximate surface area is 378 Å². The number of thiophene rings is 1. The van der Waals surface area contributed by atoms with Crippen LogP contribution in [-0.2, 0) is 19.4 Å². The first-order valence-electron chi connectivity index (χ1n) is 20.7. The number of rotatable bonds is 19. The fourth-order valence-electron chi connectivity index (χ4n) is 6.68. The average molecular weight is 943 g/mol. The van der Waals surface area contributed by atoms with Gasteiger partial charge >= 0.3 is 23.9 Å². The highest BCUT2D eigenvalue weighted by Gasteiger charge is 2.81. The molecule has 1 aromatic heterocycles. The quantitative estimate of drug-likeness (QED) is 0.0270. The Bertz CT molecular complexity index is 2570. The van der Waals surface area contributed by atoms with Crippen molar-refractivity contribution in [3.8, 4) is 11.5 Å². The van der Waals surface area contributed by atoms with E-state index >= 15 is 0 Å². The van der Waals surface area contributed by atoms with E-state index in [1.165, 1.54) is 47.7 Å². The molecule has 6 rings (SSSR count). The van der Waals surface area contributed by atoms with Crippen LogP contribution in [0.15, 0.2) is 101 Å². The van der Waals surface area contributed by atoms with Gasteiger partial charge in [0.1, 0.15) is 13.2 Å². The summed E-state index contributed by atoms with van der Waals surface area (Å²) in [5, 5.41) is 21.5. The predicted molar refractivity (Wildman–Crippen MR) is 238 cm³/mol. The Hall–Kier alpha value is -6.43. The van der Waals surface area contributed by atoms with Crippen LogP contribution in [0.25, 0.3) is 36.5 Å². The van der Waals surface area contributed by atoms with E-state index in [1.807, 2.05) is 92.8 Å². The minimum absolute atomic E-state index is 0.0377. The van der Waals surface area contributed by atoms with E-state index in [-0.39, 0.29) is 17.8 Å². The molecule has 0 fully saturated rings. The number of benzene rings is 4. The van der Waals surface area contributed by atoms with Gasteiger partial charge in [0.25, 0.3) is 5.69 Å². The maximum Gasteiger partial charge on any atom is 0.460 e. The molecular formula is C48H43F9N4O4S. The van der Waals surface area contributed by atoms with Gasteiger partial charge in [-0.05, 0) is 94.6 Å². The van der Waals surface area contributed by atoms with Gasteiger partial charge in [-0.3, -0.25) is 15.1 Å². The van der Waals surface area contributed by atoms with Crippen LogP contribution in [0.3, 0.4) is 0 Å². The number of fused-ring (bicyclic) bond motifs is 1.